The maximum absolute atomic E-state index is 11.9. The van der Waals surface area contributed by atoms with Crippen molar-refractivity contribution in [3.05, 3.63) is 0 Å². The summed E-state index contributed by atoms with van der Waals surface area (Å²) in [5.41, 5.74) is 0. The summed E-state index contributed by atoms with van der Waals surface area (Å²) in [6, 6.07) is 0. The van der Waals surface area contributed by atoms with Crippen LogP contribution in [0.1, 0.15) is 39.5 Å². The molecular formula is C14H25NO4S. The second-order valence-electron chi connectivity index (χ2n) is 4.47. The van der Waals surface area contributed by atoms with E-state index in [4.69, 9.17) is 4.74 Å². The van der Waals surface area contributed by atoms with Gasteiger partial charge in [0.05, 0.1) is 11.9 Å². The highest BCUT2D eigenvalue weighted by Crippen LogP contribution is 2.15. The number of carbonyl (C=O) groups excluding carboxylic acids is 3. The lowest BCUT2D eigenvalue weighted by Crippen LogP contribution is -2.35. The fourth-order valence-electron chi connectivity index (χ4n) is 1.39. The highest BCUT2D eigenvalue weighted by Gasteiger charge is 2.18. The number of amides is 1. The van der Waals surface area contributed by atoms with Crippen molar-refractivity contribution in [1.29, 1.82) is 0 Å². The van der Waals surface area contributed by atoms with Gasteiger partial charge in [-0.05, 0) is 13.3 Å². The third kappa shape index (κ3) is 11.0. The first-order chi connectivity index (χ1) is 9.61. The Balaban J connectivity index is 3.84. The molecule has 0 rings (SSSR count). The summed E-state index contributed by atoms with van der Waals surface area (Å²) in [5.74, 6) is 0.491. The number of hydrogen-bond donors (Lipinski definition) is 1. The van der Waals surface area contributed by atoms with E-state index in [1.54, 1.807) is 0 Å². The highest BCUT2D eigenvalue weighted by molar-refractivity contribution is 8.00. The van der Waals surface area contributed by atoms with Crippen LogP contribution >= 0.6 is 11.8 Å². The van der Waals surface area contributed by atoms with Crippen LogP contribution in [0, 0.1) is 0 Å². The maximum Gasteiger partial charge on any atom is 0.233 e. The Labute approximate surface area is 125 Å². The maximum atomic E-state index is 11.9. The van der Waals surface area contributed by atoms with Gasteiger partial charge in [0, 0.05) is 31.7 Å². The van der Waals surface area contributed by atoms with Gasteiger partial charge in [-0.2, -0.15) is 0 Å². The molecule has 0 saturated heterocycles. The molecule has 0 spiro atoms. The lowest BCUT2D eigenvalue weighted by atomic mass is 10.3. The van der Waals surface area contributed by atoms with Crippen molar-refractivity contribution in [1.82, 2.24) is 5.32 Å². The molecule has 116 valence electrons. The first kappa shape index (κ1) is 19.1. The number of nitrogens with one attached hydrogen (secondary N) is 1. The summed E-state index contributed by atoms with van der Waals surface area (Å²) >= 11 is 1.35. The molecule has 0 fully saturated rings. The van der Waals surface area contributed by atoms with Gasteiger partial charge in [-0.15, -0.1) is 11.8 Å². The van der Waals surface area contributed by atoms with Crippen LogP contribution in [0.4, 0.5) is 0 Å². The average Bonchev–Trinajstić information content (AvgIpc) is 2.41. The zero-order chi connectivity index (χ0) is 15.2. The van der Waals surface area contributed by atoms with E-state index in [0.29, 0.717) is 31.9 Å². The van der Waals surface area contributed by atoms with Gasteiger partial charge in [0.1, 0.15) is 12.1 Å². The molecule has 0 aromatic heterocycles. The third-order valence-corrected chi connectivity index (χ3v) is 3.81. The summed E-state index contributed by atoms with van der Waals surface area (Å²) in [5, 5.41) is 2.34. The summed E-state index contributed by atoms with van der Waals surface area (Å²) in [4.78, 5) is 33.3. The Morgan fingerprint density at radius 1 is 1.35 bits per heavy atom. The van der Waals surface area contributed by atoms with E-state index < -0.39 is 5.25 Å². The van der Waals surface area contributed by atoms with Crippen molar-refractivity contribution in [2.45, 2.75) is 44.8 Å². The molecule has 0 bridgehead atoms. The molecular weight excluding hydrogens is 278 g/mol. The van der Waals surface area contributed by atoms with Crippen molar-refractivity contribution in [2.75, 3.05) is 25.5 Å². The van der Waals surface area contributed by atoms with Gasteiger partial charge in [0.15, 0.2) is 0 Å². The smallest absolute Gasteiger partial charge is 0.233 e. The summed E-state index contributed by atoms with van der Waals surface area (Å²) < 4.78 is 5.34. The van der Waals surface area contributed by atoms with E-state index in [-0.39, 0.29) is 18.1 Å². The zero-order valence-corrected chi connectivity index (χ0v) is 13.2. The SMILES string of the molecule is CCCCOCCNC(=O)C(CC=O)SCCC(C)=O. The van der Waals surface area contributed by atoms with Gasteiger partial charge < -0.3 is 14.8 Å². The first-order valence-electron chi connectivity index (χ1n) is 7.02. The normalized spacial score (nSPS) is 11.9. The van der Waals surface area contributed by atoms with Crippen molar-refractivity contribution in [2.24, 2.45) is 0 Å². The Morgan fingerprint density at radius 3 is 2.70 bits per heavy atom. The van der Waals surface area contributed by atoms with Crippen molar-refractivity contribution in [3.8, 4) is 0 Å². The Bertz CT molecular complexity index is 297. The molecule has 1 atom stereocenters. The summed E-state index contributed by atoms with van der Waals surface area (Å²) in [6.45, 7) is 5.25. The Morgan fingerprint density at radius 2 is 2.10 bits per heavy atom. The van der Waals surface area contributed by atoms with E-state index in [0.717, 1.165) is 19.1 Å². The molecule has 0 radical (unpaired) electrons. The van der Waals surface area contributed by atoms with E-state index in [1.807, 2.05) is 0 Å². The second-order valence-corrected chi connectivity index (χ2v) is 5.78. The minimum Gasteiger partial charge on any atom is -0.380 e. The van der Waals surface area contributed by atoms with Gasteiger partial charge in [-0.3, -0.25) is 9.59 Å². The lowest BCUT2D eigenvalue weighted by Gasteiger charge is -2.14. The van der Waals surface area contributed by atoms with Crippen LogP contribution in [0.25, 0.3) is 0 Å². The predicted octanol–water partition coefficient (Wildman–Crippen LogP) is 1.59. The minimum absolute atomic E-state index is 0.0899. The Kier molecular flexibility index (Phi) is 12.5. The number of Topliss-reactive ketones (excluding diaryl/α,β-unsaturated/α-hetero) is 1. The highest BCUT2D eigenvalue weighted by atomic mass is 32.2. The molecule has 1 amide bonds. The number of ketones is 1. The standard InChI is InChI=1S/C14H25NO4S/c1-3-4-9-19-10-7-15-14(18)13(5-8-16)20-11-6-12(2)17/h8,13H,3-7,9-11H2,1-2H3,(H,15,18). The zero-order valence-electron chi connectivity index (χ0n) is 12.4. The van der Waals surface area contributed by atoms with Crippen molar-refractivity contribution in [3.63, 3.8) is 0 Å². The molecule has 5 nitrogen and oxygen atoms in total. The van der Waals surface area contributed by atoms with Gasteiger partial charge >= 0.3 is 0 Å². The molecule has 1 N–H and O–H groups in total. The Hall–Kier alpha value is -0.880. The van der Waals surface area contributed by atoms with Gasteiger partial charge in [0.25, 0.3) is 0 Å². The van der Waals surface area contributed by atoms with E-state index in [9.17, 15) is 14.4 Å². The molecule has 0 aliphatic rings. The van der Waals surface area contributed by atoms with Crippen LogP contribution in [0.2, 0.25) is 0 Å². The molecule has 20 heavy (non-hydrogen) atoms. The van der Waals surface area contributed by atoms with Crippen LogP contribution in [0.15, 0.2) is 0 Å². The lowest BCUT2D eigenvalue weighted by molar-refractivity contribution is -0.122. The van der Waals surface area contributed by atoms with E-state index in [1.165, 1.54) is 18.7 Å². The fourth-order valence-corrected chi connectivity index (χ4v) is 2.53. The average molecular weight is 303 g/mol. The number of carbonyl (C=O) groups is 3. The number of thioether (sulfide) groups is 1. The third-order valence-electron chi connectivity index (χ3n) is 2.56. The topological polar surface area (TPSA) is 72.5 Å². The van der Waals surface area contributed by atoms with Gasteiger partial charge in [-0.25, -0.2) is 0 Å². The van der Waals surface area contributed by atoms with Crippen LogP contribution in [0.3, 0.4) is 0 Å². The molecule has 0 saturated carbocycles. The molecule has 0 heterocycles. The van der Waals surface area contributed by atoms with E-state index in [2.05, 4.69) is 12.2 Å². The summed E-state index contributed by atoms with van der Waals surface area (Å²) in [6.07, 6.45) is 3.43. The molecule has 0 aromatic carbocycles. The van der Waals surface area contributed by atoms with E-state index >= 15 is 0 Å². The van der Waals surface area contributed by atoms with Gasteiger partial charge in [0.2, 0.25) is 5.91 Å². The van der Waals surface area contributed by atoms with Crippen LogP contribution in [-0.2, 0) is 19.1 Å². The first-order valence-corrected chi connectivity index (χ1v) is 8.06. The van der Waals surface area contributed by atoms with Crippen LogP contribution in [-0.4, -0.2) is 48.7 Å². The van der Waals surface area contributed by atoms with Crippen molar-refractivity contribution >= 4 is 29.7 Å². The number of hydrogen-bond acceptors (Lipinski definition) is 5. The largest absolute Gasteiger partial charge is 0.380 e. The van der Waals surface area contributed by atoms with Crippen molar-refractivity contribution < 1.29 is 19.1 Å². The quantitative estimate of drug-likeness (QED) is 0.413. The minimum atomic E-state index is -0.414. The molecule has 6 heteroatoms. The monoisotopic (exact) mass is 303 g/mol. The van der Waals surface area contributed by atoms with Crippen LogP contribution in [0.5, 0.6) is 0 Å². The number of rotatable bonds is 13. The second kappa shape index (κ2) is 13.1. The number of aldehydes is 1. The molecule has 0 aromatic rings. The van der Waals surface area contributed by atoms with Crippen LogP contribution < -0.4 is 5.32 Å². The molecule has 0 aliphatic heterocycles. The van der Waals surface area contributed by atoms with Gasteiger partial charge in [-0.1, -0.05) is 13.3 Å². The fraction of sp³-hybridized carbons (Fsp3) is 0.786. The summed E-state index contributed by atoms with van der Waals surface area (Å²) in [7, 11) is 0. The number of ether oxygens (including phenoxy) is 1. The molecule has 0 aliphatic carbocycles. The number of unbranched alkanes of at least 4 members (excludes halogenated alkanes) is 1. The predicted molar refractivity (Wildman–Crippen MR) is 81.0 cm³/mol. The molecule has 1 unspecified atom stereocenters.